The van der Waals surface area contributed by atoms with Crippen LogP contribution >= 0.6 is 0 Å². The highest BCUT2D eigenvalue weighted by Crippen LogP contribution is 2.10. The fourth-order valence-electron chi connectivity index (χ4n) is 0.980. The number of hydrogen-bond acceptors (Lipinski definition) is 3. The van der Waals surface area contributed by atoms with Crippen LogP contribution in [0.1, 0.15) is 13.3 Å². The largest absolute Gasteiger partial charge is 0.426 e. The van der Waals surface area contributed by atoms with Gasteiger partial charge in [-0.3, -0.25) is 4.79 Å². The van der Waals surface area contributed by atoms with Crippen LogP contribution in [-0.2, 0) is 9.53 Å². The molecular formula is C11H14O3. The number of methoxy groups -OCH3 is 1. The summed E-state index contributed by atoms with van der Waals surface area (Å²) in [6.07, 6.45) is 0.164. The fraction of sp³-hybridized carbons (Fsp3) is 0.364. The second-order valence-electron chi connectivity index (χ2n) is 3.04. The number of carbonyl (C=O) groups excluding carboxylic acids is 1. The Balaban J connectivity index is 2.42. The van der Waals surface area contributed by atoms with Crippen molar-refractivity contribution in [3.63, 3.8) is 0 Å². The van der Waals surface area contributed by atoms with E-state index in [0.717, 1.165) is 0 Å². The smallest absolute Gasteiger partial charge is 0.313 e. The van der Waals surface area contributed by atoms with Crippen molar-refractivity contribution in [3.8, 4) is 5.75 Å². The first-order valence-electron chi connectivity index (χ1n) is 4.51. The summed E-state index contributed by atoms with van der Waals surface area (Å²) in [7, 11) is 1.57. The van der Waals surface area contributed by atoms with E-state index in [9.17, 15) is 4.79 Å². The van der Waals surface area contributed by atoms with Gasteiger partial charge in [-0.05, 0) is 19.1 Å². The minimum absolute atomic E-state index is 0.105. The normalized spacial score (nSPS) is 12.1. The molecule has 14 heavy (non-hydrogen) atoms. The van der Waals surface area contributed by atoms with Crippen LogP contribution in [0.25, 0.3) is 0 Å². The molecule has 0 heterocycles. The maximum Gasteiger partial charge on any atom is 0.313 e. The van der Waals surface area contributed by atoms with Gasteiger partial charge < -0.3 is 9.47 Å². The van der Waals surface area contributed by atoms with E-state index in [1.165, 1.54) is 0 Å². The van der Waals surface area contributed by atoms with Crippen molar-refractivity contribution < 1.29 is 14.3 Å². The summed E-state index contributed by atoms with van der Waals surface area (Å²) in [5, 5.41) is 0. The summed E-state index contributed by atoms with van der Waals surface area (Å²) in [6.45, 7) is 1.83. The molecule has 0 aromatic heterocycles. The van der Waals surface area contributed by atoms with E-state index >= 15 is 0 Å². The molecule has 0 N–H and O–H groups in total. The van der Waals surface area contributed by atoms with Crippen LogP contribution < -0.4 is 4.74 Å². The number of carbonyl (C=O) groups is 1. The van der Waals surface area contributed by atoms with Crippen molar-refractivity contribution in [2.45, 2.75) is 19.4 Å². The van der Waals surface area contributed by atoms with Gasteiger partial charge in [0.1, 0.15) is 5.75 Å². The number of esters is 1. The predicted molar refractivity (Wildman–Crippen MR) is 53.2 cm³/mol. The molecule has 0 amide bonds. The molecule has 1 aromatic carbocycles. The molecule has 0 saturated carbocycles. The van der Waals surface area contributed by atoms with Gasteiger partial charge in [0, 0.05) is 7.11 Å². The van der Waals surface area contributed by atoms with Gasteiger partial charge in [0.05, 0.1) is 12.5 Å². The zero-order chi connectivity index (χ0) is 10.4. The van der Waals surface area contributed by atoms with Crippen LogP contribution in [0.15, 0.2) is 30.3 Å². The highest BCUT2D eigenvalue weighted by molar-refractivity contribution is 5.72. The molecular weight excluding hydrogens is 180 g/mol. The third kappa shape index (κ3) is 3.58. The topological polar surface area (TPSA) is 35.5 Å². The van der Waals surface area contributed by atoms with Crippen LogP contribution in [-0.4, -0.2) is 19.2 Å². The number of para-hydroxylation sites is 1. The number of benzene rings is 1. The van der Waals surface area contributed by atoms with Crippen molar-refractivity contribution in [2.75, 3.05) is 7.11 Å². The van der Waals surface area contributed by atoms with Crippen molar-refractivity contribution in [1.29, 1.82) is 0 Å². The summed E-state index contributed by atoms with van der Waals surface area (Å²) < 4.78 is 10.0. The van der Waals surface area contributed by atoms with Crippen LogP contribution in [0.5, 0.6) is 5.75 Å². The predicted octanol–water partition coefficient (Wildman–Crippen LogP) is 2.02. The summed E-state index contributed by atoms with van der Waals surface area (Å²) in [5.74, 6) is 0.298. The van der Waals surface area contributed by atoms with E-state index in [1.807, 2.05) is 25.1 Å². The first kappa shape index (κ1) is 10.7. The molecule has 1 atom stereocenters. The quantitative estimate of drug-likeness (QED) is 0.543. The average Bonchev–Trinajstić information content (AvgIpc) is 2.19. The van der Waals surface area contributed by atoms with Gasteiger partial charge in [-0.2, -0.15) is 0 Å². The van der Waals surface area contributed by atoms with Crippen LogP contribution in [0.3, 0.4) is 0 Å². The van der Waals surface area contributed by atoms with E-state index in [1.54, 1.807) is 19.2 Å². The molecule has 3 heteroatoms. The Morgan fingerprint density at radius 2 is 2.00 bits per heavy atom. The summed E-state index contributed by atoms with van der Waals surface area (Å²) in [4.78, 5) is 11.3. The van der Waals surface area contributed by atoms with Crippen LogP contribution in [0.2, 0.25) is 0 Å². The molecule has 1 rings (SSSR count). The molecule has 3 nitrogen and oxygen atoms in total. The Morgan fingerprint density at radius 3 is 2.57 bits per heavy atom. The van der Waals surface area contributed by atoms with Crippen molar-refractivity contribution in [1.82, 2.24) is 0 Å². The number of rotatable bonds is 4. The molecule has 0 aliphatic carbocycles. The van der Waals surface area contributed by atoms with Gasteiger partial charge in [0.25, 0.3) is 0 Å². The first-order chi connectivity index (χ1) is 6.72. The maximum atomic E-state index is 11.3. The molecule has 0 aliphatic heterocycles. The van der Waals surface area contributed by atoms with Crippen molar-refractivity contribution >= 4 is 5.97 Å². The van der Waals surface area contributed by atoms with Crippen LogP contribution in [0.4, 0.5) is 0 Å². The molecule has 1 aromatic rings. The van der Waals surface area contributed by atoms with E-state index < -0.39 is 0 Å². The molecule has 0 bridgehead atoms. The summed E-state index contributed by atoms with van der Waals surface area (Å²) in [6, 6.07) is 9.00. The van der Waals surface area contributed by atoms with Crippen molar-refractivity contribution in [3.05, 3.63) is 30.3 Å². The Hall–Kier alpha value is -1.35. The lowest BCUT2D eigenvalue weighted by atomic mass is 10.3. The Morgan fingerprint density at radius 1 is 1.36 bits per heavy atom. The van der Waals surface area contributed by atoms with E-state index in [2.05, 4.69) is 0 Å². The lowest BCUT2D eigenvalue weighted by Crippen LogP contribution is -2.16. The van der Waals surface area contributed by atoms with Gasteiger partial charge in [-0.15, -0.1) is 0 Å². The number of ether oxygens (including phenoxy) is 2. The molecule has 1 unspecified atom stereocenters. The molecule has 0 saturated heterocycles. The van der Waals surface area contributed by atoms with Gasteiger partial charge in [-0.1, -0.05) is 18.2 Å². The highest BCUT2D eigenvalue weighted by Gasteiger charge is 2.09. The maximum absolute atomic E-state index is 11.3. The van der Waals surface area contributed by atoms with Crippen molar-refractivity contribution in [2.24, 2.45) is 0 Å². The summed E-state index contributed by atoms with van der Waals surface area (Å²) in [5.41, 5.74) is 0. The zero-order valence-corrected chi connectivity index (χ0v) is 8.40. The minimum atomic E-state index is -0.273. The van der Waals surface area contributed by atoms with Gasteiger partial charge in [-0.25, -0.2) is 0 Å². The van der Waals surface area contributed by atoms with Crippen LogP contribution in [0, 0.1) is 0 Å². The Kier molecular flexibility index (Phi) is 4.13. The molecule has 0 spiro atoms. The second-order valence-corrected chi connectivity index (χ2v) is 3.04. The van der Waals surface area contributed by atoms with E-state index in [0.29, 0.717) is 5.75 Å². The third-order valence-electron chi connectivity index (χ3n) is 1.83. The Bertz CT molecular complexity index is 282. The summed E-state index contributed by atoms with van der Waals surface area (Å²) >= 11 is 0. The lowest BCUT2D eigenvalue weighted by molar-refractivity contribution is -0.136. The monoisotopic (exact) mass is 194 g/mol. The van der Waals surface area contributed by atoms with Gasteiger partial charge in [0.2, 0.25) is 0 Å². The SMILES string of the molecule is COC(C)CC(=O)Oc1ccccc1. The average molecular weight is 194 g/mol. The van der Waals surface area contributed by atoms with E-state index in [-0.39, 0.29) is 18.5 Å². The minimum Gasteiger partial charge on any atom is -0.426 e. The molecule has 0 fully saturated rings. The molecule has 76 valence electrons. The molecule has 0 radical (unpaired) electrons. The molecule has 0 aliphatic rings. The lowest BCUT2D eigenvalue weighted by Gasteiger charge is -2.08. The standard InChI is InChI=1S/C11H14O3/c1-9(13-2)8-11(12)14-10-6-4-3-5-7-10/h3-7,9H,8H2,1-2H3. The van der Waals surface area contributed by atoms with Gasteiger partial charge in [0.15, 0.2) is 0 Å². The van der Waals surface area contributed by atoms with E-state index in [4.69, 9.17) is 9.47 Å². The second kappa shape index (κ2) is 5.40. The zero-order valence-electron chi connectivity index (χ0n) is 8.40. The first-order valence-corrected chi connectivity index (χ1v) is 4.51. The van der Waals surface area contributed by atoms with Gasteiger partial charge >= 0.3 is 5.97 Å². The fourth-order valence-corrected chi connectivity index (χ4v) is 0.980. The Labute approximate surface area is 83.6 Å². The number of hydrogen-bond donors (Lipinski definition) is 0. The third-order valence-corrected chi connectivity index (χ3v) is 1.83. The highest BCUT2D eigenvalue weighted by atomic mass is 16.5.